The van der Waals surface area contributed by atoms with Gasteiger partial charge in [0, 0.05) is 17.1 Å². The van der Waals surface area contributed by atoms with E-state index in [0.29, 0.717) is 12.2 Å². The largest absolute Gasteiger partial charge is 0.469 e. The summed E-state index contributed by atoms with van der Waals surface area (Å²) in [4.78, 5) is 26.3. The molecule has 0 aliphatic rings. The van der Waals surface area contributed by atoms with Gasteiger partial charge in [-0.05, 0) is 62.4 Å². The Balaban J connectivity index is 3.01. The quantitative estimate of drug-likeness (QED) is 0.346. The summed E-state index contributed by atoms with van der Waals surface area (Å²) in [5.74, 6) is -0.733. The summed E-state index contributed by atoms with van der Waals surface area (Å²) in [6, 6.07) is 1.86. The van der Waals surface area contributed by atoms with E-state index < -0.39 is 5.60 Å². The standard InChI is InChI=1S/C18H26N4O4/c1-11-13(8-15(23)25-6)7-14(12(2)17(11)21-22-19)9-20-10-16(24)26-18(3,4)5/h7,20H,8-10H2,1-6H3. The van der Waals surface area contributed by atoms with Crippen LogP contribution in [0.15, 0.2) is 11.2 Å². The van der Waals surface area contributed by atoms with E-state index >= 15 is 0 Å². The van der Waals surface area contributed by atoms with Gasteiger partial charge < -0.3 is 14.8 Å². The molecule has 0 heterocycles. The Morgan fingerprint density at radius 2 is 1.81 bits per heavy atom. The molecule has 1 aromatic carbocycles. The molecule has 0 saturated heterocycles. The van der Waals surface area contributed by atoms with E-state index in [9.17, 15) is 9.59 Å². The second kappa shape index (κ2) is 9.22. The number of methoxy groups -OCH3 is 1. The molecule has 0 bridgehead atoms. The molecule has 26 heavy (non-hydrogen) atoms. The molecule has 142 valence electrons. The van der Waals surface area contributed by atoms with Crippen molar-refractivity contribution in [3.8, 4) is 0 Å². The molecule has 0 aromatic heterocycles. The first-order chi connectivity index (χ1) is 12.1. The number of esters is 2. The minimum atomic E-state index is -0.541. The summed E-state index contributed by atoms with van der Waals surface area (Å²) in [6.45, 7) is 9.47. The highest BCUT2D eigenvalue weighted by Crippen LogP contribution is 2.30. The molecule has 0 aliphatic heterocycles. The van der Waals surface area contributed by atoms with Crippen LogP contribution in [0.25, 0.3) is 10.4 Å². The number of nitrogens with zero attached hydrogens (tertiary/aromatic N) is 3. The fraction of sp³-hybridized carbons (Fsp3) is 0.556. The Kier molecular flexibility index (Phi) is 7.61. The van der Waals surface area contributed by atoms with Crippen molar-refractivity contribution in [2.75, 3.05) is 13.7 Å². The van der Waals surface area contributed by atoms with E-state index in [1.165, 1.54) is 7.11 Å². The van der Waals surface area contributed by atoms with Crippen LogP contribution in [-0.4, -0.2) is 31.2 Å². The van der Waals surface area contributed by atoms with Crippen LogP contribution in [0, 0.1) is 13.8 Å². The molecular formula is C18H26N4O4. The van der Waals surface area contributed by atoms with Crippen molar-refractivity contribution >= 4 is 17.6 Å². The lowest BCUT2D eigenvalue weighted by Gasteiger charge is -2.20. The summed E-state index contributed by atoms with van der Waals surface area (Å²) < 4.78 is 9.97. The highest BCUT2D eigenvalue weighted by molar-refractivity contribution is 5.75. The Labute approximate surface area is 153 Å². The molecule has 1 aromatic rings. The minimum absolute atomic E-state index is 0.0494. The van der Waals surface area contributed by atoms with E-state index in [1.807, 2.05) is 13.0 Å². The Hall–Kier alpha value is -2.57. The number of hydrogen-bond acceptors (Lipinski definition) is 6. The van der Waals surface area contributed by atoms with Crippen LogP contribution < -0.4 is 5.32 Å². The first-order valence-electron chi connectivity index (χ1n) is 8.25. The molecule has 0 spiro atoms. The molecule has 0 fully saturated rings. The number of azide groups is 1. The third-order valence-corrected chi connectivity index (χ3v) is 3.73. The lowest BCUT2D eigenvalue weighted by Crippen LogP contribution is -2.31. The summed E-state index contributed by atoms with van der Waals surface area (Å²) >= 11 is 0. The van der Waals surface area contributed by atoms with E-state index in [2.05, 4.69) is 15.3 Å². The zero-order valence-corrected chi connectivity index (χ0v) is 16.2. The minimum Gasteiger partial charge on any atom is -0.469 e. The monoisotopic (exact) mass is 362 g/mol. The van der Waals surface area contributed by atoms with Gasteiger partial charge in [0.25, 0.3) is 0 Å². The van der Waals surface area contributed by atoms with Crippen LogP contribution in [0.3, 0.4) is 0 Å². The summed E-state index contributed by atoms with van der Waals surface area (Å²) in [5.41, 5.74) is 11.9. The number of nitrogens with one attached hydrogen (secondary N) is 1. The van der Waals surface area contributed by atoms with Crippen LogP contribution >= 0.6 is 0 Å². The lowest BCUT2D eigenvalue weighted by atomic mass is 9.95. The molecule has 0 aliphatic carbocycles. The van der Waals surface area contributed by atoms with Gasteiger partial charge in [-0.2, -0.15) is 0 Å². The van der Waals surface area contributed by atoms with Crippen LogP contribution in [-0.2, 0) is 32.0 Å². The fourth-order valence-electron chi connectivity index (χ4n) is 2.48. The molecule has 0 atom stereocenters. The smallest absolute Gasteiger partial charge is 0.320 e. The molecule has 0 saturated carbocycles. The summed E-state index contributed by atoms with van der Waals surface area (Å²) in [6.07, 6.45) is 0.0790. The Bertz CT molecular complexity index is 732. The van der Waals surface area contributed by atoms with Crippen molar-refractivity contribution in [1.29, 1.82) is 0 Å². The Morgan fingerprint density at radius 1 is 1.19 bits per heavy atom. The lowest BCUT2D eigenvalue weighted by molar-refractivity contribution is -0.153. The molecule has 1 N–H and O–H groups in total. The van der Waals surface area contributed by atoms with Gasteiger partial charge in [-0.1, -0.05) is 11.2 Å². The number of benzene rings is 1. The van der Waals surface area contributed by atoms with Gasteiger partial charge in [0.15, 0.2) is 0 Å². The van der Waals surface area contributed by atoms with E-state index in [4.69, 9.17) is 15.0 Å². The predicted octanol–water partition coefficient (Wildman–Crippen LogP) is 3.39. The highest BCUT2D eigenvalue weighted by atomic mass is 16.6. The normalized spacial score (nSPS) is 10.8. The average molecular weight is 362 g/mol. The summed E-state index contributed by atoms with van der Waals surface area (Å²) in [5, 5.41) is 6.78. The summed E-state index contributed by atoms with van der Waals surface area (Å²) in [7, 11) is 1.32. The van der Waals surface area contributed by atoms with E-state index in [-0.39, 0.29) is 24.9 Å². The zero-order valence-electron chi connectivity index (χ0n) is 16.2. The van der Waals surface area contributed by atoms with Gasteiger partial charge in [0.2, 0.25) is 0 Å². The van der Waals surface area contributed by atoms with Crippen molar-refractivity contribution in [2.45, 2.75) is 53.2 Å². The number of ether oxygens (including phenoxy) is 2. The van der Waals surface area contributed by atoms with Gasteiger partial charge in [-0.3, -0.25) is 9.59 Å². The van der Waals surface area contributed by atoms with Gasteiger partial charge in [-0.15, -0.1) is 0 Å². The van der Waals surface area contributed by atoms with Crippen LogP contribution in [0.4, 0.5) is 5.69 Å². The zero-order chi connectivity index (χ0) is 19.9. The number of rotatable bonds is 7. The maximum atomic E-state index is 11.8. The van der Waals surface area contributed by atoms with Gasteiger partial charge in [0.05, 0.1) is 20.1 Å². The third kappa shape index (κ3) is 6.38. The molecule has 0 unspecified atom stereocenters. The van der Waals surface area contributed by atoms with Crippen molar-refractivity contribution in [1.82, 2.24) is 5.32 Å². The number of carbonyl (C=O) groups is 2. The third-order valence-electron chi connectivity index (χ3n) is 3.73. The van der Waals surface area contributed by atoms with Gasteiger partial charge in [-0.25, -0.2) is 0 Å². The first kappa shape index (κ1) is 21.5. The fourth-order valence-corrected chi connectivity index (χ4v) is 2.48. The first-order valence-corrected chi connectivity index (χ1v) is 8.25. The average Bonchev–Trinajstić information content (AvgIpc) is 2.53. The number of carbonyl (C=O) groups excluding carboxylic acids is 2. The van der Waals surface area contributed by atoms with Gasteiger partial charge >= 0.3 is 11.9 Å². The predicted molar refractivity (Wildman–Crippen MR) is 98.0 cm³/mol. The van der Waals surface area contributed by atoms with E-state index in [1.54, 1.807) is 27.7 Å². The molecule has 0 radical (unpaired) electrons. The maximum absolute atomic E-state index is 11.8. The van der Waals surface area contributed by atoms with Crippen LogP contribution in [0.1, 0.15) is 43.0 Å². The van der Waals surface area contributed by atoms with E-state index in [0.717, 1.165) is 22.3 Å². The van der Waals surface area contributed by atoms with Crippen LogP contribution in [0.5, 0.6) is 0 Å². The van der Waals surface area contributed by atoms with Crippen molar-refractivity contribution in [2.24, 2.45) is 5.11 Å². The molecule has 8 heteroatoms. The van der Waals surface area contributed by atoms with Crippen molar-refractivity contribution in [3.05, 3.63) is 38.8 Å². The second-order valence-electron chi connectivity index (χ2n) is 6.93. The Morgan fingerprint density at radius 3 is 2.35 bits per heavy atom. The SMILES string of the molecule is COC(=O)Cc1cc(CNCC(=O)OC(C)(C)C)c(C)c(N=[N+]=[N-])c1C. The molecule has 1 rings (SSSR count). The van der Waals surface area contributed by atoms with Gasteiger partial charge in [0.1, 0.15) is 5.60 Å². The van der Waals surface area contributed by atoms with Crippen molar-refractivity contribution in [3.63, 3.8) is 0 Å². The highest BCUT2D eigenvalue weighted by Gasteiger charge is 2.17. The second-order valence-corrected chi connectivity index (χ2v) is 6.93. The number of hydrogen-bond donors (Lipinski definition) is 1. The van der Waals surface area contributed by atoms with Crippen LogP contribution in [0.2, 0.25) is 0 Å². The van der Waals surface area contributed by atoms with Crippen molar-refractivity contribution < 1.29 is 19.1 Å². The molecule has 0 amide bonds. The molecular weight excluding hydrogens is 336 g/mol. The maximum Gasteiger partial charge on any atom is 0.320 e. The molecule has 8 nitrogen and oxygen atoms in total. The topological polar surface area (TPSA) is 113 Å².